The van der Waals surface area contributed by atoms with Crippen LogP contribution >= 0.6 is 11.6 Å². The highest BCUT2D eigenvalue weighted by molar-refractivity contribution is 6.30. The number of anilines is 1. The molecule has 150 valence electrons. The molecule has 2 amide bonds. The van der Waals surface area contributed by atoms with Crippen LogP contribution < -0.4 is 15.5 Å². The molecular formula is C21H23ClN6O. The Morgan fingerprint density at radius 3 is 2.66 bits per heavy atom. The molecule has 2 N–H and O–H groups in total. The molecule has 1 aliphatic rings. The number of halogens is 1. The molecule has 3 heterocycles. The minimum Gasteiger partial charge on any atom is -0.356 e. The Hall–Kier alpha value is -3.06. The van der Waals surface area contributed by atoms with Gasteiger partial charge in [0, 0.05) is 48.7 Å². The molecule has 8 heteroatoms. The second kappa shape index (κ2) is 8.96. The van der Waals surface area contributed by atoms with Gasteiger partial charge in [-0.15, -0.1) is 0 Å². The molecule has 0 spiro atoms. The standard InChI is InChI=1S/C21H23ClN6O/c22-17-4-6-19(7-5-17)28-15-16(14-25-28)13-24-21(29)26-18-8-11-27(12-9-18)20-3-1-2-10-23-20/h1-7,10,14-15,18H,8-9,11-13H2,(H2,24,26,29). The van der Waals surface area contributed by atoms with Crippen molar-refractivity contribution in [1.29, 1.82) is 0 Å². The van der Waals surface area contributed by atoms with E-state index in [9.17, 15) is 4.79 Å². The van der Waals surface area contributed by atoms with Crippen LogP contribution in [0.2, 0.25) is 5.02 Å². The summed E-state index contributed by atoms with van der Waals surface area (Å²) in [6, 6.07) is 13.4. The fourth-order valence-electron chi connectivity index (χ4n) is 3.40. The summed E-state index contributed by atoms with van der Waals surface area (Å²) < 4.78 is 1.76. The number of carbonyl (C=O) groups is 1. The number of aromatic nitrogens is 3. The third-order valence-electron chi connectivity index (χ3n) is 4.98. The first-order chi connectivity index (χ1) is 14.2. The molecule has 3 aromatic rings. The lowest BCUT2D eigenvalue weighted by Gasteiger charge is -2.33. The molecule has 1 fully saturated rings. The summed E-state index contributed by atoms with van der Waals surface area (Å²) in [5.74, 6) is 0.994. The topological polar surface area (TPSA) is 75.1 Å². The highest BCUT2D eigenvalue weighted by atomic mass is 35.5. The Bertz CT molecular complexity index is 935. The zero-order valence-electron chi connectivity index (χ0n) is 16.0. The molecule has 1 aliphatic heterocycles. The van der Waals surface area contributed by atoms with Crippen LogP contribution in [0.1, 0.15) is 18.4 Å². The maximum atomic E-state index is 12.3. The zero-order valence-corrected chi connectivity index (χ0v) is 16.7. The van der Waals surface area contributed by atoms with Gasteiger partial charge < -0.3 is 15.5 Å². The number of rotatable bonds is 5. The Balaban J connectivity index is 1.22. The molecule has 0 radical (unpaired) electrons. The Morgan fingerprint density at radius 2 is 1.93 bits per heavy atom. The van der Waals surface area contributed by atoms with E-state index in [-0.39, 0.29) is 12.1 Å². The van der Waals surface area contributed by atoms with Crippen molar-refractivity contribution in [2.24, 2.45) is 0 Å². The quantitative estimate of drug-likeness (QED) is 0.676. The van der Waals surface area contributed by atoms with E-state index in [1.54, 1.807) is 10.9 Å². The Kier molecular flexibility index (Phi) is 5.95. The second-order valence-electron chi connectivity index (χ2n) is 7.05. The molecule has 2 aromatic heterocycles. The van der Waals surface area contributed by atoms with Gasteiger partial charge >= 0.3 is 6.03 Å². The van der Waals surface area contributed by atoms with Gasteiger partial charge in [0.15, 0.2) is 0 Å². The monoisotopic (exact) mass is 410 g/mol. The molecule has 0 aliphatic carbocycles. The van der Waals surface area contributed by atoms with E-state index in [2.05, 4.69) is 25.6 Å². The average molecular weight is 411 g/mol. The number of urea groups is 1. The number of piperidine rings is 1. The van der Waals surface area contributed by atoms with Gasteiger partial charge in [-0.2, -0.15) is 5.10 Å². The molecule has 29 heavy (non-hydrogen) atoms. The van der Waals surface area contributed by atoms with Gasteiger partial charge in [-0.3, -0.25) is 0 Å². The van der Waals surface area contributed by atoms with Crippen molar-refractivity contribution in [3.8, 4) is 5.69 Å². The summed E-state index contributed by atoms with van der Waals surface area (Å²) in [6.45, 7) is 2.19. The van der Waals surface area contributed by atoms with E-state index in [4.69, 9.17) is 11.6 Å². The summed E-state index contributed by atoms with van der Waals surface area (Å²) in [6.07, 6.45) is 7.26. The van der Waals surface area contributed by atoms with Crippen molar-refractivity contribution in [1.82, 2.24) is 25.4 Å². The van der Waals surface area contributed by atoms with Crippen molar-refractivity contribution >= 4 is 23.4 Å². The fraction of sp³-hybridized carbons (Fsp3) is 0.286. The zero-order chi connectivity index (χ0) is 20.1. The number of nitrogens with one attached hydrogen (secondary N) is 2. The van der Waals surface area contributed by atoms with Crippen molar-refractivity contribution in [2.45, 2.75) is 25.4 Å². The van der Waals surface area contributed by atoms with Crippen LogP contribution in [0.25, 0.3) is 5.69 Å². The van der Waals surface area contributed by atoms with Crippen molar-refractivity contribution in [2.75, 3.05) is 18.0 Å². The summed E-state index contributed by atoms with van der Waals surface area (Å²) in [5, 5.41) is 11.0. The average Bonchev–Trinajstić information content (AvgIpc) is 3.23. The number of nitrogens with zero attached hydrogens (tertiary/aromatic N) is 4. The van der Waals surface area contributed by atoms with Gasteiger partial charge in [0.25, 0.3) is 0 Å². The molecule has 7 nitrogen and oxygen atoms in total. The van der Waals surface area contributed by atoms with Crippen molar-refractivity contribution in [3.05, 3.63) is 71.6 Å². The van der Waals surface area contributed by atoms with Crippen LogP contribution in [0.15, 0.2) is 61.1 Å². The first-order valence-electron chi connectivity index (χ1n) is 9.67. The van der Waals surface area contributed by atoms with Gasteiger partial charge in [-0.1, -0.05) is 17.7 Å². The van der Waals surface area contributed by atoms with Gasteiger partial charge in [-0.25, -0.2) is 14.5 Å². The van der Waals surface area contributed by atoms with Crippen molar-refractivity contribution < 1.29 is 4.79 Å². The summed E-state index contributed by atoms with van der Waals surface area (Å²) in [7, 11) is 0. The lowest BCUT2D eigenvalue weighted by atomic mass is 10.1. The predicted molar refractivity (Wildman–Crippen MR) is 113 cm³/mol. The van der Waals surface area contributed by atoms with Gasteiger partial charge in [0.1, 0.15) is 5.82 Å². The Morgan fingerprint density at radius 1 is 1.14 bits per heavy atom. The number of hydrogen-bond donors (Lipinski definition) is 2. The lowest BCUT2D eigenvalue weighted by molar-refractivity contribution is 0.234. The minimum absolute atomic E-state index is 0.152. The molecule has 0 atom stereocenters. The normalized spacial score (nSPS) is 14.6. The van der Waals surface area contributed by atoms with E-state index in [0.717, 1.165) is 43.0 Å². The third-order valence-corrected chi connectivity index (χ3v) is 5.24. The summed E-state index contributed by atoms with van der Waals surface area (Å²) >= 11 is 5.92. The third kappa shape index (κ3) is 5.06. The number of benzene rings is 1. The van der Waals surface area contributed by atoms with Crippen molar-refractivity contribution in [3.63, 3.8) is 0 Å². The first-order valence-corrected chi connectivity index (χ1v) is 10.0. The molecular weight excluding hydrogens is 388 g/mol. The smallest absolute Gasteiger partial charge is 0.315 e. The molecule has 0 unspecified atom stereocenters. The number of carbonyl (C=O) groups excluding carboxylic acids is 1. The molecule has 1 saturated heterocycles. The second-order valence-corrected chi connectivity index (χ2v) is 7.48. The molecule has 0 saturated carbocycles. The van der Waals surface area contributed by atoms with Crippen LogP contribution in [-0.2, 0) is 6.54 Å². The van der Waals surface area contributed by atoms with Crippen LogP contribution in [0.3, 0.4) is 0 Å². The maximum Gasteiger partial charge on any atom is 0.315 e. The number of amides is 2. The molecule has 4 rings (SSSR count). The van der Waals surface area contributed by atoms with E-state index in [0.29, 0.717) is 11.6 Å². The van der Waals surface area contributed by atoms with E-state index in [1.165, 1.54) is 0 Å². The predicted octanol–water partition coefficient (Wildman–Crippen LogP) is 3.39. The van der Waals surface area contributed by atoms with Gasteiger partial charge in [0.05, 0.1) is 11.9 Å². The van der Waals surface area contributed by atoms with Gasteiger partial charge in [0.2, 0.25) is 0 Å². The van der Waals surface area contributed by atoms with E-state index >= 15 is 0 Å². The number of hydrogen-bond acceptors (Lipinski definition) is 4. The fourth-order valence-corrected chi connectivity index (χ4v) is 3.52. The van der Waals surface area contributed by atoms with Crippen LogP contribution in [0.5, 0.6) is 0 Å². The highest BCUT2D eigenvalue weighted by Gasteiger charge is 2.21. The minimum atomic E-state index is -0.152. The summed E-state index contributed by atoms with van der Waals surface area (Å²) in [4.78, 5) is 18.9. The van der Waals surface area contributed by atoms with Crippen LogP contribution in [0, 0.1) is 0 Å². The largest absolute Gasteiger partial charge is 0.356 e. The maximum absolute atomic E-state index is 12.3. The highest BCUT2D eigenvalue weighted by Crippen LogP contribution is 2.17. The molecule has 1 aromatic carbocycles. The summed E-state index contributed by atoms with van der Waals surface area (Å²) in [5.41, 5.74) is 1.85. The Labute approximate surface area is 174 Å². The van der Waals surface area contributed by atoms with Crippen LogP contribution in [0.4, 0.5) is 10.6 Å². The van der Waals surface area contributed by atoms with Crippen LogP contribution in [-0.4, -0.2) is 39.9 Å². The van der Waals surface area contributed by atoms with Gasteiger partial charge in [-0.05, 0) is 49.2 Å². The SMILES string of the molecule is O=C(NCc1cnn(-c2ccc(Cl)cc2)c1)NC1CCN(c2ccccn2)CC1. The molecule has 0 bridgehead atoms. The number of pyridine rings is 1. The van der Waals surface area contributed by atoms with E-state index in [1.807, 2.05) is 54.9 Å². The lowest BCUT2D eigenvalue weighted by Crippen LogP contribution is -2.47. The first kappa shape index (κ1) is 19.3. The van der Waals surface area contributed by atoms with E-state index < -0.39 is 0 Å².